The lowest BCUT2D eigenvalue weighted by Gasteiger charge is -2.18. The Bertz CT molecular complexity index is 893. The second kappa shape index (κ2) is 8.72. The van der Waals surface area contributed by atoms with E-state index in [0.29, 0.717) is 12.5 Å². The second-order valence-electron chi connectivity index (χ2n) is 6.95. The minimum atomic E-state index is -0.743. The van der Waals surface area contributed by atoms with Gasteiger partial charge >= 0.3 is 0 Å². The van der Waals surface area contributed by atoms with Gasteiger partial charge in [0.25, 0.3) is 0 Å². The van der Waals surface area contributed by atoms with Gasteiger partial charge in [-0.15, -0.1) is 12.4 Å². The van der Waals surface area contributed by atoms with E-state index in [1.165, 1.54) is 18.9 Å². The third kappa shape index (κ3) is 4.25. The van der Waals surface area contributed by atoms with Crippen LogP contribution in [0.15, 0.2) is 48.5 Å². The summed E-state index contributed by atoms with van der Waals surface area (Å²) in [5.41, 5.74) is 1.98. The molecule has 2 aromatic carbocycles. The molecule has 0 amide bonds. The lowest BCUT2D eigenvalue weighted by molar-refractivity contribution is 0.0904. The van der Waals surface area contributed by atoms with Crippen LogP contribution in [0.1, 0.15) is 37.4 Å². The molecule has 4 rings (SSSR count). The molecule has 1 fully saturated rings. The first-order valence-corrected chi connectivity index (χ1v) is 9.23. The molecule has 0 saturated heterocycles. The van der Waals surface area contributed by atoms with E-state index in [1.54, 1.807) is 18.2 Å². The normalized spacial score (nSPS) is 15.6. The van der Waals surface area contributed by atoms with Gasteiger partial charge in [-0.05, 0) is 37.1 Å². The van der Waals surface area contributed by atoms with Crippen molar-refractivity contribution in [3.05, 3.63) is 60.2 Å². The van der Waals surface area contributed by atoms with Gasteiger partial charge in [-0.2, -0.15) is 0 Å². The summed E-state index contributed by atoms with van der Waals surface area (Å²) in [4.78, 5) is 4.83. The molecule has 1 N–H and O–H groups in total. The third-order valence-corrected chi connectivity index (χ3v) is 5.07. The van der Waals surface area contributed by atoms with Crippen molar-refractivity contribution in [3.8, 4) is 5.75 Å². The Morgan fingerprint density at radius 2 is 1.81 bits per heavy atom. The lowest BCUT2D eigenvalue weighted by Crippen LogP contribution is -2.25. The van der Waals surface area contributed by atoms with E-state index >= 15 is 0 Å². The van der Waals surface area contributed by atoms with Crippen LogP contribution < -0.4 is 4.74 Å². The number of aliphatic hydroxyl groups excluding tert-OH is 1. The number of fused-ring (bicyclic) bond motifs is 1. The molecule has 1 aliphatic carbocycles. The maximum atomic E-state index is 13.7. The van der Waals surface area contributed by atoms with E-state index in [0.717, 1.165) is 29.7 Å². The maximum absolute atomic E-state index is 13.7. The first-order valence-electron chi connectivity index (χ1n) is 9.23. The van der Waals surface area contributed by atoms with Crippen LogP contribution in [0.4, 0.5) is 4.39 Å². The summed E-state index contributed by atoms with van der Waals surface area (Å²) in [5, 5.41) is 10.5. The van der Waals surface area contributed by atoms with Gasteiger partial charge in [0, 0.05) is 5.92 Å². The molecule has 1 aliphatic rings. The van der Waals surface area contributed by atoms with Gasteiger partial charge in [0.05, 0.1) is 17.6 Å². The van der Waals surface area contributed by atoms with Crippen molar-refractivity contribution in [1.29, 1.82) is 0 Å². The number of hydrogen-bond donors (Lipinski definition) is 1. The van der Waals surface area contributed by atoms with E-state index < -0.39 is 11.9 Å². The van der Waals surface area contributed by atoms with Crippen LogP contribution >= 0.6 is 12.4 Å². The van der Waals surface area contributed by atoms with Crippen molar-refractivity contribution >= 4 is 23.4 Å². The topological polar surface area (TPSA) is 47.3 Å². The van der Waals surface area contributed by atoms with Crippen molar-refractivity contribution in [3.63, 3.8) is 0 Å². The van der Waals surface area contributed by atoms with Crippen molar-refractivity contribution < 1.29 is 14.2 Å². The molecule has 1 unspecified atom stereocenters. The highest BCUT2D eigenvalue weighted by atomic mass is 35.5. The average molecular weight is 391 g/mol. The Kier molecular flexibility index (Phi) is 6.34. The minimum absolute atomic E-state index is 0. The number of para-hydroxylation sites is 3. The maximum Gasteiger partial charge on any atom is 0.165 e. The predicted octanol–water partition coefficient (Wildman–Crippen LogP) is 4.69. The van der Waals surface area contributed by atoms with E-state index in [9.17, 15) is 9.50 Å². The summed E-state index contributed by atoms with van der Waals surface area (Å²) in [7, 11) is 0. The molecule has 0 radical (unpaired) electrons. The zero-order valence-corrected chi connectivity index (χ0v) is 15.9. The first-order chi connectivity index (χ1) is 12.7. The van der Waals surface area contributed by atoms with Gasteiger partial charge in [-0.3, -0.25) is 0 Å². The highest BCUT2D eigenvalue weighted by Gasteiger charge is 2.24. The monoisotopic (exact) mass is 390 g/mol. The Morgan fingerprint density at radius 1 is 1.11 bits per heavy atom. The van der Waals surface area contributed by atoms with Gasteiger partial charge in [0.15, 0.2) is 11.6 Å². The highest BCUT2D eigenvalue weighted by molar-refractivity contribution is 5.85. The molecule has 0 spiro atoms. The molecule has 144 valence electrons. The fourth-order valence-electron chi connectivity index (χ4n) is 3.79. The molecule has 0 aliphatic heterocycles. The number of nitrogens with zero attached hydrogens (tertiary/aromatic N) is 2. The predicted molar refractivity (Wildman–Crippen MR) is 106 cm³/mol. The highest BCUT2D eigenvalue weighted by Crippen LogP contribution is 2.35. The van der Waals surface area contributed by atoms with Gasteiger partial charge in [-0.1, -0.05) is 37.1 Å². The number of hydrogen-bond acceptors (Lipinski definition) is 3. The summed E-state index contributed by atoms with van der Waals surface area (Å²) in [6.45, 7) is 0.429. The minimum Gasteiger partial charge on any atom is -0.488 e. The molecule has 6 heteroatoms. The Morgan fingerprint density at radius 3 is 2.59 bits per heavy atom. The number of halogens is 2. The van der Waals surface area contributed by atoms with Crippen molar-refractivity contribution in [2.24, 2.45) is 0 Å². The molecule has 1 aromatic heterocycles. The number of imidazole rings is 1. The Balaban J connectivity index is 0.00000210. The zero-order valence-electron chi connectivity index (χ0n) is 15.1. The lowest BCUT2D eigenvalue weighted by atomic mass is 10.1. The van der Waals surface area contributed by atoms with E-state index in [2.05, 4.69) is 4.57 Å². The molecule has 1 heterocycles. The molecular formula is C21H24ClFN2O2. The fourth-order valence-corrected chi connectivity index (χ4v) is 3.79. The molecule has 1 atom stereocenters. The molecule has 4 nitrogen and oxygen atoms in total. The van der Waals surface area contributed by atoms with E-state index in [1.807, 2.05) is 24.3 Å². The summed E-state index contributed by atoms with van der Waals surface area (Å²) < 4.78 is 21.3. The number of benzene rings is 2. The molecule has 3 aromatic rings. The van der Waals surface area contributed by atoms with Crippen LogP contribution in [-0.2, 0) is 6.54 Å². The molecule has 27 heavy (non-hydrogen) atoms. The van der Waals surface area contributed by atoms with Gasteiger partial charge in [-0.25, -0.2) is 9.37 Å². The van der Waals surface area contributed by atoms with E-state index in [4.69, 9.17) is 9.72 Å². The van der Waals surface area contributed by atoms with Crippen LogP contribution in [0.2, 0.25) is 0 Å². The average Bonchev–Trinajstić information content (AvgIpc) is 3.29. The van der Waals surface area contributed by atoms with Gasteiger partial charge in [0.2, 0.25) is 0 Å². The standard InChI is InChI=1S/C21H23FN2O2.ClH/c22-17-9-3-6-12-20(17)26-14-16(25)13-24-19-11-5-4-10-18(19)23-21(24)15-7-1-2-8-15;/h3-6,9-12,15-16,25H,1-2,7-8,13-14H2;1H. The van der Waals surface area contributed by atoms with Crippen LogP contribution in [0.5, 0.6) is 5.75 Å². The van der Waals surface area contributed by atoms with Crippen molar-refractivity contribution in [1.82, 2.24) is 9.55 Å². The van der Waals surface area contributed by atoms with Gasteiger partial charge < -0.3 is 14.4 Å². The van der Waals surface area contributed by atoms with Crippen molar-refractivity contribution in [2.45, 2.75) is 44.2 Å². The quantitative estimate of drug-likeness (QED) is 0.663. The number of ether oxygens (including phenoxy) is 1. The summed E-state index contributed by atoms with van der Waals surface area (Å²) in [6.07, 6.45) is 4.00. The van der Waals surface area contributed by atoms with Crippen LogP contribution in [0.25, 0.3) is 11.0 Å². The summed E-state index contributed by atoms with van der Waals surface area (Å²) in [6, 6.07) is 14.3. The van der Waals surface area contributed by atoms with Crippen LogP contribution in [0, 0.1) is 5.82 Å². The summed E-state index contributed by atoms with van der Waals surface area (Å²) >= 11 is 0. The Labute approximate surface area is 164 Å². The smallest absolute Gasteiger partial charge is 0.165 e. The third-order valence-electron chi connectivity index (χ3n) is 5.07. The SMILES string of the molecule is Cl.OC(COc1ccccc1F)Cn1c(C2CCCC2)nc2ccccc21. The summed E-state index contributed by atoms with van der Waals surface area (Å²) in [5.74, 6) is 1.24. The van der Waals surface area contributed by atoms with Crippen LogP contribution in [0.3, 0.4) is 0 Å². The van der Waals surface area contributed by atoms with Crippen molar-refractivity contribution in [2.75, 3.05) is 6.61 Å². The molecule has 0 bridgehead atoms. The van der Waals surface area contributed by atoms with Crippen LogP contribution in [-0.4, -0.2) is 27.4 Å². The largest absolute Gasteiger partial charge is 0.488 e. The molecule has 1 saturated carbocycles. The Hall–Kier alpha value is -2.11. The molecular weight excluding hydrogens is 367 g/mol. The zero-order chi connectivity index (χ0) is 17.9. The number of aliphatic hydroxyl groups is 1. The second-order valence-corrected chi connectivity index (χ2v) is 6.95. The fraction of sp³-hybridized carbons (Fsp3) is 0.381. The van der Waals surface area contributed by atoms with E-state index in [-0.39, 0.29) is 24.8 Å². The number of aromatic nitrogens is 2. The first kappa shape index (κ1) is 19.6. The number of rotatable bonds is 6. The van der Waals surface area contributed by atoms with Gasteiger partial charge in [0.1, 0.15) is 18.5 Å².